The zero-order chi connectivity index (χ0) is 17.8. The first kappa shape index (κ1) is 16.4. The molecule has 1 heterocycles. The van der Waals surface area contributed by atoms with Crippen molar-refractivity contribution in [3.05, 3.63) is 77.0 Å². The fraction of sp³-hybridized carbons (Fsp3) is 0.105. The molecule has 0 saturated carbocycles. The van der Waals surface area contributed by atoms with E-state index in [9.17, 15) is 9.59 Å². The standard InChI is InChI=1S/C19H17N3O3/c1-12-6-3-4-9-16(12)20-18(23)14-7-5-8-15(11-14)19(24)21-17-10-13(2)25-22-17/h3-11H,1-2H3,(H,20,23)(H,21,22,24). The Morgan fingerprint density at radius 3 is 2.20 bits per heavy atom. The highest BCUT2D eigenvalue weighted by Crippen LogP contribution is 2.16. The van der Waals surface area contributed by atoms with Crippen LogP contribution < -0.4 is 10.6 Å². The summed E-state index contributed by atoms with van der Waals surface area (Å²) in [4.78, 5) is 24.7. The van der Waals surface area contributed by atoms with E-state index in [-0.39, 0.29) is 11.8 Å². The Labute approximate surface area is 144 Å². The van der Waals surface area contributed by atoms with Crippen molar-refractivity contribution < 1.29 is 14.1 Å². The van der Waals surface area contributed by atoms with Gasteiger partial charge < -0.3 is 15.2 Å². The quantitative estimate of drug-likeness (QED) is 0.759. The summed E-state index contributed by atoms with van der Waals surface area (Å²) >= 11 is 0. The molecule has 6 nitrogen and oxygen atoms in total. The molecule has 1 aromatic heterocycles. The highest BCUT2D eigenvalue weighted by Gasteiger charge is 2.13. The summed E-state index contributed by atoms with van der Waals surface area (Å²) in [6.07, 6.45) is 0. The monoisotopic (exact) mass is 335 g/mol. The van der Waals surface area contributed by atoms with Gasteiger partial charge in [0.2, 0.25) is 0 Å². The van der Waals surface area contributed by atoms with Crippen molar-refractivity contribution in [2.45, 2.75) is 13.8 Å². The first-order valence-corrected chi connectivity index (χ1v) is 7.74. The van der Waals surface area contributed by atoms with E-state index in [0.29, 0.717) is 22.7 Å². The minimum Gasteiger partial charge on any atom is -0.360 e. The lowest BCUT2D eigenvalue weighted by molar-refractivity contribution is 0.102. The molecule has 0 aliphatic heterocycles. The topological polar surface area (TPSA) is 84.2 Å². The summed E-state index contributed by atoms with van der Waals surface area (Å²) in [5.74, 6) is 0.291. The van der Waals surface area contributed by atoms with Crippen molar-refractivity contribution >= 4 is 23.3 Å². The Balaban J connectivity index is 1.75. The lowest BCUT2D eigenvalue weighted by Crippen LogP contribution is -2.16. The third-order valence-electron chi connectivity index (χ3n) is 3.65. The van der Waals surface area contributed by atoms with Gasteiger partial charge in [0.15, 0.2) is 5.82 Å². The van der Waals surface area contributed by atoms with Crippen LogP contribution in [0.15, 0.2) is 59.1 Å². The van der Waals surface area contributed by atoms with E-state index >= 15 is 0 Å². The molecule has 0 radical (unpaired) electrons. The smallest absolute Gasteiger partial charge is 0.256 e. The highest BCUT2D eigenvalue weighted by molar-refractivity contribution is 6.08. The molecule has 6 heteroatoms. The number of hydrogen-bond acceptors (Lipinski definition) is 4. The molecule has 0 bridgehead atoms. The van der Waals surface area contributed by atoms with Crippen LogP contribution in [-0.2, 0) is 0 Å². The van der Waals surface area contributed by atoms with E-state index in [0.717, 1.165) is 11.3 Å². The number of aryl methyl sites for hydroxylation is 2. The SMILES string of the molecule is Cc1cc(NC(=O)c2cccc(C(=O)Nc3ccccc3C)c2)no1. The number of benzene rings is 2. The molecule has 0 aliphatic rings. The van der Waals surface area contributed by atoms with E-state index in [2.05, 4.69) is 15.8 Å². The summed E-state index contributed by atoms with van der Waals surface area (Å²) in [6, 6.07) is 15.6. The molecule has 2 N–H and O–H groups in total. The van der Waals surface area contributed by atoms with Crippen molar-refractivity contribution in [3.63, 3.8) is 0 Å². The summed E-state index contributed by atoms with van der Waals surface area (Å²) in [6.45, 7) is 3.65. The second kappa shape index (κ2) is 7.00. The number of hydrogen-bond donors (Lipinski definition) is 2. The predicted octanol–water partition coefficient (Wildman–Crippen LogP) is 3.80. The second-order valence-electron chi connectivity index (χ2n) is 5.63. The average molecular weight is 335 g/mol. The number of nitrogens with one attached hydrogen (secondary N) is 2. The summed E-state index contributed by atoms with van der Waals surface area (Å²) in [5.41, 5.74) is 2.46. The molecule has 2 aromatic carbocycles. The van der Waals surface area contributed by atoms with Crippen LogP contribution in [0.2, 0.25) is 0 Å². The van der Waals surface area contributed by atoms with Crippen molar-refractivity contribution in [1.29, 1.82) is 0 Å². The van der Waals surface area contributed by atoms with E-state index in [4.69, 9.17) is 4.52 Å². The van der Waals surface area contributed by atoms with Gasteiger partial charge in [-0.25, -0.2) is 0 Å². The molecule has 25 heavy (non-hydrogen) atoms. The zero-order valence-corrected chi connectivity index (χ0v) is 13.9. The molecule has 0 spiro atoms. The van der Waals surface area contributed by atoms with Gasteiger partial charge in [-0.2, -0.15) is 0 Å². The Morgan fingerprint density at radius 2 is 1.56 bits per heavy atom. The minimum atomic E-state index is -0.362. The van der Waals surface area contributed by atoms with Crippen LogP contribution in [0.3, 0.4) is 0 Å². The Morgan fingerprint density at radius 1 is 0.880 bits per heavy atom. The maximum Gasteiger partial charge on any atom is 0.256 e. The number of rotatable bonds is 4. The van der Waals surface area contributed by atoms with Crippen LogP contribution in [-0.4, -0.2) is 17.0 Å². The summed E-state index contributed by atoms with van der Waals surface area (Å²) in [5, 5.41) is 9.19. The predicted molar refractivity (Wildman–Crippen MR) is 94.8 cm³/mol. The first-order valence-electron chi connectivity index (χ1n) is 7.74. The summed E-state index contributed by atoms with van der Waals surface area (Å²) in [7, 11) is 0. The van der Waals surface area contributed by atoms with Crippen LogP contribution in [0.4, 0.5) is 11.5 Å². The molecule has 3 rings (SSSR count). The van der Waals surface area contributed by atoms with E-state index in [1.807, 2.05) is 31.2 Å². The molecule has 0 aliphatic carbocycles. The molecule has 0 fully saturated rings. The minimum absolute atomic E-state index is 0.277. The number of carbonyl (C=O) groups is 2. The Hall–Kier alpha value is -3.41. The molecule has 0 unspecified atom stereocenters. The number of anilines is 2. The van der Waals surface area contributed by atoms with Crippen molar-refractivity contribution in [3.8, 4) is 0 Å². The van der Waals surface area contributed by atoms with Crippen LogP contribution in [0.1, 0.15) is 32.0 Å². The number of nitrogens with zero attached hydrogens (tertiary/aromatic N) is 1. The van der Waals surface area contributed by atoms with Gasteiger partial charge in [0, 0.05) is 22.9 Å². The van der Waals surface area contributed by atoms with Gasteiger partial charge in [-0.15, -0.1) is 0 Å². The Bertz CT molecular complexity index is 931. The maximum absolute atomic E-state index is 12.4. The third kappa shape index (κ3) is 3.92. The lowest BCUT2D eigenvalue weighted by atomic mass is 10.1. The first-order chi connectivity index (χ1) is 12.0. The molecule has 2 amide bonds. The molecule has 126 valence electrons. The van der Waals surface area contributed by atoms with Crippen LogP contribution in [0.25, 0.3) is 0 Å². The number of amides is 2. The normalized spacial score (nSPS) is 10.3. The molecular formula is C19H17N3O3. The second-order valence-corrected chi connectivity index (χ2v) is 5.63. The highest BCUT2D eigenvalue weighted by atomic mass is 16.5. The van der Waals surface area contributed by atoms with Gasteiger partial charge in [-0.3, -0.25) is 9.59 Å². The fourth-order valence-electron chi connectivity index (χ4n) is 2.32. The zero-order valence-electron chi connectivity index (χ0n) is 13.9. The van der Waals surface area contributed by atoms with E-state index in [1.165, 1.54) is 6.07 Å². The molecule has 3 aromatic rings. The van der Waals surface area contributed by atoms with Gasteiger partial charge in [0.25, 0.3) is 11.8 Å². The van der Waals surface area contributed by atoms with Gasteiger partial charge in [-0.1, -0.05) is 29.4 Å². The van der Waals surface area contributed by atoms with Crippen molar-refractivity contribution in [1.82, 2.24) is 5.16 Å². The number of carbonyl (C=O) groups excluding carboxylic acids is 2. The van der Waals surface area contributed by atoms with Crippen LogP contribution >= 0.6 is 0 Å². The van der Waals surface area contributed by atoms with Gasteiger partial charge in [0.1, 0.15) is 5.76 Å². The molecule has 0 saturated heterocycles. The van der Waals surface area contributed by atoms with Gasteiger partial charge >= 0.3 is 0 Å². The van der Waals surface area contributed by atoms with Gasteiger partial charge in [-0.05, 0) is 43.7 Å². The number of aromatic nitrogens is 1. The number of para-hydroxylation sites is 1. The van der Waals surface area contributed by atoms with E-state index < -0.39 is 0 Å². The van der Waals surface area contributed by atoms with Gasteiger partial charge in [0.05, 0.1) is 0 Å². The Kier molecular flexibility index (Phi) is 4.61. The lowest BCUT2D eigenvalue weighted by Gasteiger charge is -2.09. The largest absolute Gasteiger partial charge is 0.360 e. The van der Waals surface area contributed by atoms with Crippen LogP contribution in [0.5, 0.6) is 0 Å². The molecule has 0 atom stereocenters. The summed E-state index contributed by atoms with van der Waals surface area (Å²) < 4.78 is 4.91. The fourth-order valence-corrected chi connectivity index (χ4v) is 2.32. The maximum atomic E-state index is 12.4. The van der Waals surface area contributed by atoms with E-state index in [1.54, 1.807) is 31.2 Å². The average Bonchev–Trinajstić information content (AvgIpc) is 3.02. The van der Waals surface area contributed by atoms with Crippen molar-refractivity contribution in [2.75, 3.05) is 10.6 Å². The third-order valence-corrected chi connectivity index (χ3v) is 3.65. The van der Waals surface area contributed by atoms with Crippen molar-refractivity contribution in [2.24, 2.45) is 0 Å². The molecular weight excluding hydrogens is 318 g/mol. The van der Waals surface area contributed by atoms with Crippen LogP contribution in [0, 0.1) is 13.8 Å².